The molecule has 2 amide bonds. The molecule has 0 saturated carbocycles. The van der Waals surface area contributed by atoms with E-state index in [4.69, 9.17) is 0 Å². The quantitative estimate of drug-likeness (QED) is 0.785. The average molecular weight is 225 g/mol. The van der Waals surface area contributed by atoms with Gasteiger partial charge < -0.3 is 10.2 Å². The first kappa shape index (κ1) is 11.7. The van der Waals surface area contributed by atoms with Crippen LogP contribution in [0.4, 0.5) is 4.79 Å². The lowest BCUT2D eigenvalue weighted by atomic mass is 10.2. The summed E-state index contributed by atoms with van der Waals surface area (Å²) in [7, 11) is 0. The van der Waals surface area contributed by atoms with E-state index in [0.29, 0.717) is 6.04 Å². The van der Waals surface area contributed by atoms with Gasteiger partial charge in [0.1, 0.15) is 0 Å². The van der Waals surface area contributed by atoms with E-state index in [2.05, 4.69) is 17.1 Å². The van der Waals surface area contributed by atoms with E-state index in [-0.39, 0.29) is 6.03 Å². The Morgan fingerprint density at radius 2 is 2.06 bits per heavy atom. The lowest BCUT2D eigenvalue weighted by Gasteiger charge is -2.23. The molecule has 16 heavy (non-hydrogen) atoms. The van der Waals surface area contributed by atoms with Crippen molar-refractivity contribution in [2.75, 3.05) is 32.7 Å². The van der Waals surface area contributed by atoms with E-state index in [1.165, 1.54) is 25.9 Å². The van der Waals surface area contributed by atoms with Crippen molar-refractivity contribution in [1.82, 2.24) is 15.1 Å². The largest absolute Gasteiger partial charge is 0.338 e. The zero-order valence-electron chi connectivity index (χ0n) is 10.2. The van der Waals surface area contributed by atoms with Crippen molar-refractivity contribution in [1.29, 1.82) is 0 Å². The third-order valence-electron chi connectivity index (χ3n) is 3.63. The Balaban J connectivity index is 1.76. The van der Waals surface area contributed by atoms with Gasteiger partial charge in [-0.3, -0.25) is 4.90 Å². The van der Waals surface area contributed by atoms with Gasteiger partial charge in [-0.25, -0.2) is 4.79 Å². The van der Waals surface area contributed by atoms with Crippen molar-refractivity contribution in [3.05, 3.63) is 0 Å². The predicted molar refractivity (Wildman–Crippen MR) is 64.5 cm³/mol. The molecule has 1 atom stereocenters. The number of amides is 2. The molecule has 0 aromatic heterocycles. The molecule has 0 radical (unpaired) electrons. The van der Waals surface area contributed by atoms with Crippen LogP contribution < -0.4 is 5.32 Å². The lowest BCUT2D eigenvalue weighted by Crippen LogP contribution is -2.41. The molecule has 1 unspecified atom stereocenters. The molecule has 0 aliphatic carbocycles. The summed E-state index contributed by atoms with van der Waals surface area (Å²) in [4.78, 5) is 16.3. The molecule has 0 aromatic rings. The topological polar surface area (TPSA) is 35.6 Å². The van der Waals surface area contributed by atoms with Gasteiger partial charge in [-0.15, -0.1) is 0 Å². The SMILES string of the molecule is CCCNC(=O)N1CCC(N2CCCC2)C1. The first-order valence-corrected chi connectivity index (χ1v) is 6.58. The fourth-order valence-corrected chi connectivity index (χ4v) is 2.67. The number of rotatable bonds is 3. The monoisotopic (exact) mass is 225 g/mol. The Bertz CT molecular complexity index is 238. The maximum atomic E-state index is 11.8. The predicted octanol–water partition coefficient (Wildman–Crippen LogP) is 1.28. The Morgan fingerprint density at radius 1 is 1.31 bits per heavy atom. The summed E-state index contributed by atoms with van der Waals surface area (Å²) in [6, 6.07) is 0.749. The smallest absolute Gasteiger partial charge is 0.317 e. The molecule has 2 aliphatic heterocycles. The first-order valence-electron chi connectivity index (χ1n) is 6.58. The maximum absolute atomic E-state index is 11.8. The molecule has 0 spiro atoms. The summed E-state index contributed by atoms with van der Waals surface area (Å²) in [5.41, 5.74) is 0. The molecule has 2 saturated heterocycles. The number of nitrogens with zero attached hydrogens (tertiary/aromatic N) is 2. The van der Waals surface area contributed by atoms with Crippen LogP contribution in [0.5, 0.6) is 0 Å². The number of hydrogen-bond donors (Lipinski definition) is 1. The molecular weight excluding hydrogens is 202 g/mol. The van der Waals surface area contributed by atoms with E-state index >= 15 is 0 Å². The highest BCUT2D eigenvalue weighted by atomic mass is 16.2. The van der Waals surface area contributed by atoms with Crippen molar-refractivity contribution in [3.8, 4) is 0 Å². The van der Waals surface area contributed by atoms with E-state index in [1.54, 1.807) is 0 Å². The van der Waals surface area contributed by atoms with Gasteiger partial charge in [0.2, 0.25) is 0 Å². The standard InChI is InChI=1S/C12H23N3O/c1-2-6-13-12(16)15-9-5-11(10-15)14-7-3-4-8-14/h11H,2-10H2,1H3,(H,13,16). The van der Waals surface area contributed by atoms with Gasteiger partial charge in [0.05, 0.1) is 0 Å². The molecule has 2 heterocycles. The van der Waals surface area contributed by atoms with Crippen LogP contribution in [0, 0.1) is 0 Å². The summed E-state index contributed by atoms with van der Waals surface area (Å²) in [6.07, 6.45) is 4.83. The molecule has 0 aromatic carbocycles. The molecular formula is C12H23N3O. The van der Waals surface area contributed by atoms with Crippen LogP contribution in [-0.4, -0.2) is 54.6 Å². The number of urea groups is 1. The van der Waals surface area contributed by atoms with Crippen LogP contribution in [0.15, 0.2) is 0 Å². The molecule has 92 valence electrons. The minimum atomic E-state index is 0.128. The number of nitrogens with one attached hydrogen (secondary N) is 1. The van der Waals surface area contributed by atoms with Crippen molar-refractivity contribution in [2.45, 2.75) is 38.6 Å². The van der Waals surface area contributed by atoms with Gasteiger partial charge in [0.15, 0.2) is 0 Å². The third kappa shape index (κ3) is 2.67. The van der Waals surface area contributed by atoms with Crippen LogP contribution in [-0.2, 0) is 0 Å². The van der Waals surface area contributed by atoms with Crippen LogP contribution in [0.2, 0.25) is 0 Å². The van der Waals surface area contributed by atoms with E-state index < -0.39 is 0 Å². The van der Waals surface area contributed by atoms with E-state index in [1.807, 2.05) is 4.90 Å². The highest BCUT2D eigenvalue weighted by Gasteiger charge is 2.31. The Kier molecular flexibility index (Phi) is 4.04. The third-order valence-corrected chi connectivity index (χ3v) is 3.63. The van der Waals surface area contributed by atoms with E-state index in [9.17, 15) is 4.79 Å². The van der Waals surface area contributed by atoms with Crippen LogP contribution in [0.3, 0.4) is 0 Å². The molecule has 2 aliphatic rings. The fraction of sp³-hybridized carbons (Fsp3) is 0.917. The summed E-state index contributed by atoms with van der Waals surface area (Å²) in [5, 5.41) is 2.95. The summed E-state index contributed by atoms with van der Waals surface area (Å²) >= 11 is 0. The number of hydrogen-bond acceptors (Lipinski definition) is 2. The Morgan fingerprint density at radius 3 is 2.75 bits per heavy atom. The molecule has 1 N–H and O–H groups in total. The number of likely N-dealkylation sites (tertiary alicyclic amines) is 2. The van der Waals surface area contributed by atoms with Crippen molar-refractivity contribution < 1.29 is 4.79 Å². The van der Waals surface area contributed by atoms with Crippen LogP contribution in [0.1, 0.15) is 32.6 Å². The summed E-state index contributed by atoms with van der Waals surface area (Å²) in [6.45, 7) is 7.19. The van der Waals surface area contributed by atoms with Gasteiger partial charge in [0.25, 0.3) is 0 Å². The second-order valence-electron chi connectivity index (χ2n) is 4.86. The Hall–Kier alpha value is -0.770. The van der Waals surface area contributed by atoms with Gasteiger partial charge in [-0.2, -0.15) is 0 Å². The fourth-order valence-electron chi connectivity index (χ4n) is 2.67. The molecule has 0 bridgehead atoms. The normalized spacial score (nSPS) is 26.3. The number of carbonyl (C=O) groups is 1. The second kappa shape index (κ2) is 5.53. The van der Waals surface area contributed by atoms with Crippen LogP contribution >= 0.6 is 0 Å². The summed E-state index contributed by atoms with van der Waals surface area (Å²) in [5.74, 6) is 0. The number of carbonyl (C=O) groups excluding carboxylic acids is 1. The van der Waals surface area contributed by atoms with E-state index in [0.717, 1.165) is 32.5 Å². The zero-order valence-corrected chi connectivity index (χ0v) is 10.2. The van der Waals surface area contributed by atoms with Gasteiger partial charge in [-0.05, 0) is 38.8 Å². The molecule has 2 rings (SSSR count). The zero-order chi connectivity index (χ0) is 11.4. The molecule has 2 fully saturated rings. The molecule has 4 nitrogen and oxygen atoms in total. The Labute approximate surface area is 98.0 Å². The van der Waals surface area contributed by atoms with Gasteiger partial charge in [-0.1, -0.05) is 6.92 Å². The molecule has 4 heteroatoms. The highest BCUT2D eigenvalue weighted by molar-refractivity contribution is 5.74. The lowest BCUT2D eigenvalue weighted by molar-refractivity contribution is 0.198. The summed E-state index contributed by atoms with van der Waals surface area (Å²) < 4.78 is 0. The first-order chi connectivity index (χ1) is 7.81. The van der Waals surface area contributed by atoms with Crippen molar-refractivity contribution in [2.24, 2.45) is 0 Å². The van der Waals surface area contributed by atoms with Gasteiger partial charge >= 0.3 is 6.03 Å². The average Bonchev–Trinajstić information content (AvgIpc) is 2.94. The minimum absolute atomic E-state index is 0.128. The van der Waals surface area contributed by atoms with Crippen molar-refractivity contribution in [3.63, 3.8) is 0 Å². The van der Waals surface area contributed by atoms with Crippen molar-refractivity contribution >= 4 is 6.03 Å². The van der Waals surface area contributed by atoms with Crippen LogP contribution in [0.25, 0.3) is 0 Å². The highest BCUT2D eigenvalue weighted by Crippen LogP contribution is 2.20. The minimum Gasteiger partial charge on any atom is -0.338 e. The van der Waals surface area contributed by atoms with Gasteiger partial charge in [0, 0.05) is 25.7 Å². The second-order valence-corrected chi connectivity index (χ2v) is 4.86. The maximum Gasteiger partial charge on any atom is 0.317 e.